The Bertz CT molecular complexity index is 1000. The molecule has 160 valence electrons. The van der Waals surface area contributed by atoms with E-state index in [1.165, 1.54) is 11.8 Å². The van der Waals surface area contributed by atoms with Crippen molar-refractivity contribution in [2.24, 2.45) is 0 Å². The molecule has 2 aliphatic rings. The number of hydrogen-bond acceptors (Lipinski definition) is 4. The average molecular weight is 428 g/mol. The summed E-state index contributed by atoms with van der Waals surface area (Å²) in [5.41, 5.74) is 2.03. The van der Waals surface area contributed by atoms with Gasteiger partial charge in [-0.3, -0.25) is 0 Å². The molecule has 1 aromatic carbocycles. The number of rotatable bonds is 3. The minimum Gasteiger partial charge on any atom is -0.318 e. The maximum atomic E-state index is 13.0. The summed E-state index contributed by atoms with van der Waals surface area (Å²) in [5.74, 6) is 0. The van der Waals surface area contributed by atoms with Gasteiger partial charge in [0.1, 0.15) is 0 Å². The zero-order valence-corrected chi connectivity index (χ0v) is 18.5. The zero-order chi connectivity index (χ0) is 21.5. The van der Waals surface area contributed by atoms with Crippen LogP contribution in [0, 0.1) is 0 Å². The summed E-state index contributed by atoms with van der Waals surface area (Å²) in [4.78, 5) is 18.9. The maximum Gasteiger partial charge on any atom is 0.322 e. The zero-order valence-electron chi connectivity index (χ0n) is 17.7. The fourth-order valence-electron chi connectivity index (χ4n) is 4.64. The van der Waals surface area contributed by atoms with Gasteiger partial charge in [0.15, 0.2) is 14.9 Å². The number of carbonyl (C=O) groups is 1. The van der Waals surface area contributed by atoms with Crippen LogP contribution in [0.3, 0.4) is 0 Å². The van der Waals surface area contributed by atoms with Crippen molar-refractivity contribution in [1.29, 1.82) is 0 Å². The van der Waals surface area contributed by atoms with Crippen LogP contribution in [0.2, 0.25) is 0 Å². The molecule has 0 aliphatic carbocycles. The maximum absolute atomic E-state index is 13.0. The van der Waals surface area contributed by atoms with Gasteiger partial charge >= 0.3 is 6.03 Å². The molecule has 4 rings (SSSR count). The number of amides is 2. The Labute approximate surface area is 178 Å². The Balaban J connectivity index is 1.46. The highest BCUT2D eigenvalue weighted by atomic mass is 32.2. The van der Waals surface area contributed by atoms with Crippen molar-refractivity contribution in [3.63, 3.8) is 0 Å². The van der Waals surface area contributed by atoms with Crippen LogP contribution >= 0.6 is 0 Å². The van der Waals surface area contributed by atoms with Crippen LogP contribution in [0.1, 0.15) is 52.0 Å². The largest absolute Gasteiger partial charge is 0.322 e. The van der Waals surface area contributed by atoms with E-state index in [-0.39, 0.29) is 28.6 Å². The van der Waals surface area contributed by atoms with Crippen molar-refractivity contribution >= 4 is 21.6 Å². The first-order chi connectivity index (χ1) is 14.2. The normalized spacial score (nSPS) is 24.0. The van der Waals surface area contributed by atoms with Crippen molar-refractivity contribution in [2.75, 3.05) is 5.32 Å². The molecule has 2 aliphatic heterocycles. The number of carbonyl (C=O) groups excluding carboxylic acids is 1. The Morgan fingerprint density at radius 1 is 1.03 bits per heavy atom. The van der Waals surface area contributed by atoms with E-state index >= 15 is 0 Å². The van der Waals surface area contributed by atoms with E-state index in [2.05, 4.69) is 31.1 Å². The third-order valence-electron chi connectivity index (χ3n) is 6.29. The van der Waals surface area contributed by atoms with Crippen molar-refractivity contribution < 1.29 is 13.2 Å². The van der Waals surface area contributed by atoms with Gasteiger partial charge in [-0.2, -0.15) is 0 Å². The number of hydrogen-bond donors (Lipinski definition) is 1. The number of nitrogens with one attached hydrogen (secondary N) is 1. The standard InChI is InChI=1S/C23H29N3O3S/c1-23(2,3)16-7-9-17(10-8-16)25-22(27)26-18-11-12-19(26)15-20(14-18)30(28,29)21-6-4-5-13-24-21/h4-10,13,18-20H,11-12,14-15H2,1-3H3,(H,25,27). The van der Waals surface area contributed by atoms with Crippen LogP contribution in [-0.4, -0.2) is 41.7 Å². The van der Waals surface area contributed by atoms with Gasteiger partial charge in [0, 0.05) is 24.0 Å². The monoisotopic (exact) mass is 427 g/mol. The topological polar surface area (TPSA) is 79.4 Å². The Kier molecular flexibility index (Phi) is 5.34. The highest BCUT2D eigenvalue weighted by Crippen LogP contribution is 2.40. The minimum absolute atomic E-state index is 0.0546. The first-order valence-electron chi connectivity index (χ1n) is 10.5. The lowest BCUT2D eigenvalue weighted by Gasteiger charge is -2.38. The highest BCUT2D eigenvalue weighted by Gasteiger charge is 2.47. The van der Waals surface area contributed by atoms with Gasteiger partial charge in [0.05, 0.1) is 5.25 Å². The molecule has 30 heavy (non-hydrogen) atoms. The number of sulfone groups is 1. The van der Waals surface area contributed by atoms with E-state index in [1.807, 2.05) is 29.2 Å². The van der Waals surface area contributed by atoms with E-state index in [1.54, 1.807) is 18.2 Å². The molecule has 0 saturated carbocycles. The van der Waals surface area contributed by atoms with Gasteiger partial charge in [-0.25, -0.2) is 18.2 Å². The van der Waals surface area contributed by atoms with Crippen molar-refractivity contribution in [3.8, 4) is 0 Å². The van der Waals surface area contributed by atoms with Gasteiger partial charge in [-0.1, -0.05) is 39.0 Å². The first-order valence-corrected chi connectivity index (χ1v) is 12.1. The van der Waals surface area contributed by atoms with Crippen LogP contribution in [0.5, 0.6) is 0 Å². The van der Waals surface area contributed by atoms with Crippen LogP contribution in [0.15, 0.2) is 53.7 Å². The quantitative estimate of drug-likeness (QED) is 0.788. The molecule has 7 heteroatoms. The smallest absolute Gasteiger partial charge is 0.318 e. The Hall–Kier alpha value is -2.41. The minimum atomic E-state index is -3.48. The molecular weight excluding hydrogens is 398 g/mol. The molecule has 2 bridgehead atoms. The van der Waals surface area contributed by atoms with Crippen LogP contribution < -0.4 is 5.32 Å². The second kappa shape index (κ2) is 7.69. The number of pyridine rings is 1. The molecule has 0 radical (unpaired) electrons. The summed E-state index contributed by atoms with van der Waals surface area (Å²) in [6.07, 6.45) is 4.12. The predicted octanol–water partition coefficient (Wildman–Crippen LogP) is 4.38. The molecule has 2 amide bonds. The SMILES string of the molecule is CC(C)(C)c1ccc(NC(=O)N2C3CCC2CC(S(=O)(=O)c2ccccn2)C3)cc1. The first kappa shape index (κ1) is 20.8. The number of urea groups is 1. The fourth-order valence-corrected chi connectivity index (χ4v) is 6.41. The molecular formula is C23H29N3O3S. The third-order valence-corrected chi connectivity index (χ3v) is 8.38. The fraction of sp³-hybridized carbons (Fsp3) is 0.478. The lowest BCUT2D eigenvalue weighted by atomic mass is 9.87. The summed E-state index contributed by atoms with van der Waals surface area (Å²) in [5, 5.41) is 2.65. The van der Waals surface area contributed by atoms with Crippen LogP contribution in [-0.2, 0) is 15.3 Å². The molecule has 3 heterocycles. The lowest BCUT2D eigenvalue weighted by Crippen LogP contribution is -2.51. The number of benzene rings is 1. The van der Waals surface area contributed by atoms with Crippen molar-refractivity contribution in [3.05, 3.63) is 54.2 Å². The van der Waals surface area contributed by atoms with E-state index < -0.39 is 15.1 Å². The van der Waals surface area contributed by atoms with E-state index in [4.69, 9.17) is 0 Å². The second-order valence-corrected chi connectivity index (χ2v) is 11.5. The number of fused-ring (bicyclic) bond motifs is 2. The number of piperidine rings is 1. The Morgan fingerprint density at radius 3 is 2.20 bits per heavy atom. The summed E-state index contributed by atoms with van der Waals surface area (Å²) < 4.78 is 26.0. The van der Waals surface area contributed by atoms with Crippen molar-refractivity contribution in [2.45, 2.75) is 74.2 Å². The molecule has 2 aromatic rings. The average Bonchev–Trinajstić information content (AvgIpc) is 2.98. The molecule has 2 fully saturated rings. The Morgan fingerprint density at radius 2 is 1.67 bits per heavy atom. The van der Waals surface area contributed by atoms with Crippen LogP contribution in [0.4, 0.5) is 10.5 Å². The van der Waals surface area contributed by atoms with Crippen molar-refractivity contribution in [1.82, 2.24) is 9.88 Å². The number of anilines is 1. The summed E-state index contributed by atoms with van der Waals surface area (Å²) in [6.45, 7) is 6.46. The molecule has 1 aromatic heterocycles. The van der Waals surface area contributed by atoms with E-state index in [0.29, 0.717) is 12.8 Å². The molecule has 6 nitrogen and oxygen atoms in total. The second-order valence-electron chi connectivity index (χ2n) is 9.36. The summed E-state index contributed by atoms with van der Waals surface area (Å²) >= 11 is 0. The van der Waals surface area contributed by atoms with Crippen LogP contribution in [0.25, 0.3) is 0 Å². The third kappa shape index (κ3) is 3.95. The van der Waals surface area contributed by atoms with Gasteiger partial charge in [-0.15, -0.1) is 0 Å². The summed E-state index contributed by atoms with van der Waals surface area (Å²) in [6, 6.07) is 12.6. The molecule has 2 saturated heterocycles. The van der Waals surface area contributed by atoms with Gasteiger partial charge < -0.3 is 10.2 Å². The van der Waals surface area contributed by atoms with Gasteiger partial charge in [-0.05, 0) is 60.9 Å². The number of nitrogens with zero attached hydrogens (tertiary/aromatic N) is 2. The lowest BCUT2D eigenvalue weighted by molar-refractivity contribution is 0.159. The summed E-state index contributed by atoms with van der Waals surface area (Å²) in [7, 11) is -3.48. The number of aromatic nitrogens is 1. The predicted molar refractivity (Wildman–Crippen MR) is 117 cm³/mol. The van der Waals surface area contributed by atoms with E-state index in [9.17, 15) is 13.2 Å². The molecule has 2 atom stereocenters. The van der Waals surface area contributed by atoms with Gasteiger partial charge in [0.25, 0.3) is 0 Å². The molecule has 2 unspecified atom stereocenters. The highest BCUT2D eigenvalue weighted by molar-refractivity contribution is 7.92. The molecule has 1 N–H and O–H groups in total. The molecule has 0 spiro atoms. The van der Waals surface area contributed by atoms with Gasteiger partial charge in [0.2, 0.25) is 0 Å². The van der Waals surface area contributed by atoms with E-state index in [0.717, 1.165) is 18.5 Å².